The van der Waals surface area contributed by atoms with E-state index in [9.17, 15) is 14.7 Å². The molecule has 0 amide bonds. The zero-order chi connectivity index (χ0) is 15.9. The van der Waals surface area contributed by atoms with E-state index in [1.165, 1.54) is 32.1 Å². The molecular formula is C17H31NaO4. The molecule has 1 rings (SSSR count). The number of aliphatic carboxylic acids is 1. The Morgan fingerprint density at radius 1 is 1.18 bits per heavy atom. The molecule has 0 saturated heterocycles. The summed E-state index contributed by atoms with van der Waals surface area (Å²) in [6.07, 6.45) is 9.07. The van der Waals surface area contributed by atoms with Gasteiger partial charge in [0, 0.05) is 0 Å². The van der Waals surface area contributed by atoms with Gasteiger partial charge in [-0.25, -0.2) is 0 Å². The molecule has 1 aliphatic carbocycles. The quantitative estimate of drug-likeness (QED) is 0.575. The number of carboxylic acids is 1. The summed E-state index contributed by atoms with van der Waals surface area (Å²) in [6, 6.07) is 0. The molecule has 0 aliphatic heterocycles. The molecule has 1 N–H and O–H groups in total. The summed E-state index contributed by atoms with van der Waals surface area (Å²) in [4.78, 5) is 23.0. The van der Waals surface area contributed by atoms with E-state index in [2.05, 4.69) is 0 Å². The fraction of sp³-hybridized carbons (Fsp3) is 0.882. The van der Waals surface area contributed by atoms with Gasteiger partial charge in [-0.15, -0.1) is 0 Å². The van der Waals surface area contributed by atoms with Crippen molar-refractivity contribution >= 4 is 41.5 Å². The fourth-order valence-corrected chi connectivity index (χ4v) is 3.03. The van der Waals surface area contributed by atoms with Gasteiger partial charge in [0.05, 0.1) is 12.3 Å². The van der Waals surface area contributed by atoms with Crippen LogP contribution in [0.15, 0.2) is 0 Å². The van der Waals surface area contributed by atoms with Crippen LogP contribution in [0.1, 0.15) is 78.6 Å². The van der Waals surface area contributed by atoms with Crippen LogP contribution in [-0.4, -0.2) is 52.2 Å². The minimum atomic E-state index is -0.885. The minimum absolute atomic E-state index is 0. The van der Waals surface area contributed by atoms with Gasteiger partial charge < -0.3 is 9.84 Å². The van der Waals surface area contributed by atoms with Crippen LogP contribution in [0.25, 0.3) is 0 Å². The Morgan fingerprint density at radius 2 is 1.77 bits per heavy atom. The first kappa shape index (κ1) is 21.9. The summed E-state index contributed by atoms with van der Waals surface area (Å²) in [5, 5.41) is 9.25. The molecule has 0 heterocycles. The van der Waals surface area contributed by atoms with Crippen LogP contribution >= 0.6 is 0 Å². The van der Waals surface area contributed by atoms with Gasteiger partial charge in [-0.1, -0.05) is 44.9 Å². The molecule has 0 bridgehead atoms. The number of carbonyl (C=O) groups excluding carboxylic acids is 1. The third-order valence-electron chi connectivity index (χ3n) is 4.07. The van der Waals surface area contributed by atoms with Crippen molar-refractivity contribution in [3.8, 4) is 0 Å². The summed E-state index contributed by atoms with van der Waals surface area (Å²) in [5.41, 5.74) is -0.553. The van der Waals surface area contributed by atoms with Gasteiger partial charge in [0.25, 0.3) is 0 Å². The van der Waals surface area contributed by atoms with Gasteiger partial charge in [0.15, 0.2) is 0 Å². The van der Waals surface area contributed by atoms with E-state index in [1.807, 2.05) is 0 Å². The summed E-state index contributed by atoms with van der Waals surface area (Å²) >= 11 is 0. The van der Waals surface area contributed by atoms with Gasteiger partial charge in [0.1, 0.15) is 5.60 Å². The van der Waals surface area contributed by atoms with Gasteiger partial charge in [-0.3, -0.25) is 9.59 Å². The molecule has 0 aromatic heterocycles. The van der Waals surface area contributed by atoms with Crippen LogP contribution < -0.4 is 0 Å². The zero-order valence-electron chi connectivity index (χ0n) is 13.7. The van der Waals surface area contributed by atoms with Gasteiger partial charge >= 0.3 is 41.5 Å². The van der Waals surface area contributed by atoms with Crippen molar-refractivity contribution < 1.29 is 19.4 Å². The number of carboxylic acid groups (broad SMARTS) is 1. The number of rotatable bonds is 7. The Kier molecular flexibility index (Phi) is 10.6. The normalized spacial score (nSPS) is 17.4. The van der Waals surface area contributed by atoms with Crippen molar-refractivity contribution in [2.24, 2.45) is 11.8 Å². The standard InChI is InChI=1S/C17H30O4.Na.H/c1-17(2,3)21-15(18)12-14(16(19)20)11-7-10-13-8-5-4-6-9-13;;/h13-14H,4-12H2,1-3H3,(H,19,20);;/t14-;;/m1../s1. The Labute approximate surface area is 156 Å². The first-order chi connectivity index (χ1) is 9.78. The number of esters is 1. The van der Waals surface area contributed by atoms with Crippen molar-refractivity contribution in [1.29, 1.82) is 0 Å². The molecule has 22 heavy (non-hydrogen) atoms. The third-order valence-corrected chi connectivity index (χ3v) is 4.07. The molecule has 1 fully saturated rings. The van der Waals surface area contributed by atoms with E-state index < -0.39 is 23.5 Å². The van der Waals surface area contributed by atoms with E-state index in [1.54, 1.807) is 20.8 Å². The van der Waals surface area contributed by atoms with E-state index in [0.29, 0.717) is 6.42 Å². The maximum absolute atomic E-state index is 11.8. The van der Waals surface area contributed by atoms with E-state index in [0.717, 1.165) is 18.8 Å². The van der Waals surface area contributed by atoms with Crippen LogP contribution in [0, 0.1) is 11.8 Å². The predicted octanol–water partition coefficient (Wildman–Crippen LogP) is 3.52. The molecule has 0 unspecified atom stereocenters. The maximum atomic E-state index is 11.8. The first-order valence-corrected chi connectivity index (χ1v) is 8.22. The second kappa shape index (κ2) is 10.7. The Bertz CT molecular complexity index is 343. The topological polar surface area (TPSA) is 63.6 Å². The van der Waals surface area contributed by atoms with Crippen LogP contribution in [-0.2, 0) is 14.3 Å². The molecular weight excluding hydrogens is 291 g/mol. The first-order valence-electron chi connectivity index (χ1n) is 8.22. The molecule has 4 nitrogen and oxygen atoms in total. The van der Waals surface area contributed by atoms with Crippen LogP contribution in [0.2, 0.25) is 0 Å². The molecule has 1 aliphatic rings. The molecule has 1 atom stereocenters. The molecule has 1 saturated carbocycles. The van der Waals surface area contributed by atoms with Crippen molar-refractivity contribution in [3.05, 3.63) is 0 Å². The summed E-state index contributed by atoms with van der Waals surface area (Å²) in [5.74, 6) is -1.14. The van der Waals surface area contributed by atoms with E-state index in [-0.39, 0.29) is 36.0 Å². The van der Waals surface area contributed by atoms with Crippen molar-refractivity contribution in [2.45, 2.75) is 84.2 Å². The molecule has 5 heteroatoms. The second-order valence-corrected chi connectivity index (χ2v) is 7.26. The molecule has 0 aromatic rings. The molecule has 124 valence electrons. The molecule has 0 spiro atoms. The fourth-order valence-electron chi connectivity index (χ4n) is 3.03. The van der Waals surface area contributed by atoms with Crippen molar-refractivity contribution in [3.63, 3.8) is 0 Å². The summed E-state index contributed by atoms with van der Waals surface area (Å²) in [6.45, 7) is 5.39. The third kappa shape index (κ3) is 9.86. The van der Waals surface area contributed by atoms with E-state index in [4.69, 9.17) is 4.74 Å². The van der Waals surface area contributed by atoms with Crippen molar-refractivity contribution in [2.75, 3.05) is 0 Å². The average Bonchev–Trinajstić information content (AvgIpc) is 2.36. The number of ether oxygens (including phenoxy) is 1. The Morgan fingerprint density at radius 3 is 2.27 bits per heavy atom. The SMILES string of the molecule is CC(C)(C)OC(=O)C[C@@H](CCCC1CCCCC1)C(=O)O.[NaH]. The number of hydrogen-bond acceptors (Lipinski definition) is 3. The molecule has 0 radical (unpaired) electrons. The molecule has 0 aromatic carbocycles. The number of carbonyl (C=O) groups is 2. The Balaban J connectivity index is 0.00000441. The number of hydrogen-bond donors (Lipinski definition) is 1. The van der Waals surface area contributed by atoms with Crippen LogP contribution in [0.5, 0.6) is 0 Å². The average molecular weight is 322 g/mol. The van der Waals surface area contributed by atoms with Crippen LogP contribution in [0.4, 0.5) is 0 Å². The second-order valence-electron chi connectivity index (χ2n) is 7.26. The summed E-state index contributed by atoms with van der Waals surface area (Å²) < 4.78 is 5.21. The van der Waals surface area contributed by atoms with Gasteiger partial charge in [0.2, 0.25) is 0 Å². The Hall–Kier alpha value is -0.0600. The van der Waals surface area contributed by atoms with E-state index >= 15 is 0 Å². The van der Waals surface area contributed by atoms with Gasteiger partial charge in [-0.05, 0) is 33.1 Å². The zero-order valence-corrected chi connectivity index (χ0v) is 13.7. The summed E-state index contributed by atoms with van der Waals surface area (Å²) in [7, 11) is 0. The van der Waals surface area contributed by atoms with Gasteiger partial charge in [-0.2, -0.15) is 0 Å². The monoisotopic (exact) mass is 322 g/mol. The predicted molar refractivity (Wildman–Crippen MR) is 89.2 cm³/mol. The van der Waals surface area contributed by atoms with Crippen LogP contribution in [0.3, 0.4) is 0 Å². The van der Waals surface area contributed by atoms with Crippen molar-refractivity contribution in [1.82, 2.24) is 0 Å².